The molecule has 1 fully saturated rings. The average Bonchev–Trinajstić information content (AvgIpc) is 3.23. The number of hydrogen-bond donors (Lipinski definition) is 1. The van der Waals surface area contributed by atoms with Crippen LogP contribution in [0, 0.1) is 11.8 Å². The van der Waals surface area contributed by atoms with Gasteiger partial charge in [-0.05, 0) is 54.7 Å². The lowest BCUT2D eigenvalue weighted by atomic mass is 9.81. The lowest BCUT2D eigenvalue weighted by molar-refractivity contribution is -0.142. The highest BCUT2D eigenvalue weighted by atomic mass is 16.5. The molecule has 20 heavy (non-hydrogen) atoms. The Labute approximate surface area is 120 Å². The van der Waals surface area contributed by atoms with Crippen LogP contribution in [0.15, 0.2) is 18.2 Å². The molecule has 0 aromatic heterocycles. The van der Waals surface area contributed by atoms with E-state index in [2.05, 4.69) is 25.1 Å². The van der Waals surface area contributed by atoms with Gasteiger partial charge in [-0.2, -0.15) is 0 Å². The summed E-state index contributed by atoms with van der Waals surface area (Å²) < 4.78 is 5.66. The molecule has 2 aliphatic rings. The Morgan fingerprint density at radius 3 is 2.75 bits per heavy atom. The maximum atomic E-state index is 11.4. The van der Waals surface area contributed by atoms with Crippen LogP contribution in [0.5, 0.6) is 0 Å². The second-order valence-corrected chi connectivity index (χ2v) is 6.34. The molecular weight excluding hydrogens is 252 g/mol. The number of fused-ring (bicyclic) bond motifs is 1. The van der Waals surface area contributed by atoms with Crippen molar-refractivity contribution in [2.45, 2.75) is 51.7 Å². The SMILES string of the molecule is CC1Cc2cc(C(C3CC3)C(C)C(=O)O)ccc2CO1. The van der Waals surface area contributed by atoms with Crippen molar-refractivity contribution < 1.29 is 14.6 Å². The Bertz CT molecular complexity index is 519. The van der Waals surface area contributed by atoms with Crippen LogP contribution in [0.25, 0.3) is 0 Å². The number of carbonyl (C=O) groups is 1. The van der Waals surface area contributed by atoms with Crippen LogP contribution >= 0.6 is 0 Å². The van der Waals surface area contributed by atoms with Gasteiger partial charge in [-0.25, -0.2) is 0 Å². The smallest absolute Gasteiger partial charge is 0.306 e. The minimum absolute atomic E-state index is 0.163. The average molecular weight is 274 g/mol. The second kappa shape index (κ2) is 5.21. The standard InChI is InChI=1S/C17H22O3/c1-10-7-15-8-13(5-6-14(15)9-20-10)16(12-3-4-12)11(2)17(18)19/h5-6,8,10-12,16H,3-4,7,9H2,1-2H3,(H,18,19). The van der Waals surface area contributed by atoms with Gasteiger partial charge in [-0.15, -0.1) is 0 Å². The molecule has 1 heterocycles. The van der Waals surface area contributed by atoms with E-state index < -0.39 is 5.97 Å². The first-order valence-electron chi connectivity index (χ1n) is 7.52. The highest BCUT2D eigenvalue weighted by Crippen LogP contribution is 2.47. The Morgan fingerprint density at radius 1 is 1.35 bits per heavy atom. The van der Waals surface area contributed by atoms with Crippen LogP contribution < -0.4 is 0 Å². The van der Waals surface area contributed by atoms with E-state index in [1.165, 1.54) is 29.5 Å². The number of hydrogen-bond acceptors (Lipinski definition) is 2. The number of rotatable bonds is 4. The molecule has 108 valence electrons. The molecule has 3 unspecified atom stereocenters. The number of ether oxygens (including phenoxy) is 1. The number of aliphatic carboxylic acids is 1. The van der Waals surface area contributed by atoms with Crippen LogP contribution in [-0.4, -0.2) is 17.2 Å². The summed E-state index contributed by atoms with van der Waals surface area (Å²) in [7, 11) is 0. The quantitative estimate of drug-likeness (QED) is 0.915. The van der Waals surface area contributed by atoms with E-state index in [1.54, 1.807) is 0 Å². The summed E-state index contributed by atoms with van der Waals surface area (Å²) in [5.74, 6) is -0.276. The number of benzene rings is 1. The molecule has 1 saturated carbocycles. The predicted octanol–water partition coefficient (Wildman–Crippen LogP) is 3.36. The van der Waals surface area contributed by atoms with Crippen molar-refractivity contribution in [3.63, 3.8) is 0 Å². The van der Waals surface area contributed by atoms with Gasteiger partial charge in [0.1, 0.15) is 0 Å². The first kappa shape index (κ1) is 13.6. The predicted molar refractivity (Wildman–Crippen MR) is 76.7 cm³/mol. The zero-order valence-electron chi connectivity index (χ0n) is 12.1. The molecule has 1 aliphatic carbocycles. The molecule has 3 rings (SSSR count). The van der Waals surface area contributed by atoms with Crippen molar-refractivity contribution in [3.8, 4) is 0 Å². The van der Waals surface area contributed by atoms with Gasteiger partial charge >= 0.3 is 5.97 Å². The fraction of sp³-hybridized carbons (Fsp3) is 0.588. The second-order valence-electron chi connectivity index (χ2n) is 6.34. The Morgan fingerprint density at radius 2 is 2.10 bits per heavy atom. The van der Waals surface area contributed by atoms with E-state index in [9.17, 15) is 9.90 Å². The van der Waals surface area contributed by atoms with Crippen LogP contribution in [0.4, 0.5) is 0 Å². The van der Waals surface area contributed by atoms with Crippen LogP contribution in [-0.2, 0) is 22.6 Å². The van der Waals surface area contributed by atoms with Gasteiger partial charge in [-0.1, -0.05) is 25.1 Å². The summed E-state index contributed by atoms with van der Waals surface area (Å²) in [5, 5.41) is 9.35. The minimum Gasteiger partial charge on any atom is -0.481 e. The number of carboxylic acid groups (broad SMARTS) is 1. The van der Waals surface area contributed by atoms with Crippen molar-refractivity contribution in [2.24, 2.45) is 11.8 Å². The molecule has 3 atom stereocenters. The summed E-state index contributed by atoms with van der Waals surface area (Å²) in [6, 6.07) is 6.47. The molecule has 1 aliphatic heterocycles. The molecule has 0 bridgehead atoms. The van der Waals surface area contributed by atoms with Gasteiger partial charge in [0.15, 0.2) is 0 Å². The van der Waals surface area contributed by atoms with Crippen molar-refractivity contribution in [1.29, 1.82) is 0 Å². The normalized spacial score (nSPS) is 24.8. The summed E-state index contributed by atoms with van der Waals surface area (Å²) >= 11 is 0. The molecule has 1 aromatic rings. The lowest BCUT2D eigenvalue weighted by Crippen LogP contribution is -2.22. The monoisotopic (exact) mass is 274 g/mol. The molecule has 1 N–H and O–H groups in total. The maximum absolute atomic E-state index is 11.4. The first-order valence-corrected chi connectivity index (χ1v) is 7.52. The fourth-order valence-corrected chi connectivity index (χ4v) is 3.36. The van der Waals surface area contributed by atoms with Crippen molar-refractivity contribution in [3.05, 3.63) is 34.9 Å². The molecular formula is C17H22O3. The van der Waals surface area contributed by atoms with Crippen molar-refractivity contribution in [2.75, 3.05) is 0 Å². The van der Waals surface area contributed by atoms with Crippen LogP contribution in [0.3, 0.4) is 0 Å². The van der Waals surface area contributed by atoms with Gasteiger partial charge in [0, 0.05) is 0 Å². The largest absolute Gasteiger partial charge is 0.481 e. The molecule has 0 amide bonds. The van der Waals surface area contributed by atoms with Gasteiger partial charge < -0.3 is 9.84 Å². The summed E-state index contributed by atoms with van der Waals surface area (Å²) in [5.41, 5.74) is 3.80. The van der Waals surface area contributed by atoms with Crippen molar-refractivity contribution >= 4 is 5.97 Å². The van der Waals surface area contributed by atoms with E-state index in [4.69, 9.17) is 4.74 Å². The van der Waals surface area contributed by atoms with E-state index in [0.717, 1.165) is 6.42 Å². The first-order chi connectivity index (χ1) is 9.56. The third kappa shape index (κ3) is 2.59. The summed E-state index contributed by atoms with van der Waals surface area (Å²) in [6.45, 7) is 4.61. The van der Waals surface area contributed by atoms with E-state index in [1.807, 2.05) is 6.92 Å². The third-order valence-corrected chi connectivity index (χ3v) is 4.70. The van der Waals surface area contributed by atoms with E-state index >= 15 is 0 Å². The highest BCUT2D eigenvalue weighted by molar-refractivity contribution is 5.71. The molecule has 0 spiro atoms. The zero-order valence-corrected chi connectivity index (χ0v) is 12.1. The summed E-state index contributed by atoms with van der Waals surface area (Å²) in [6.07, 6.45) is 3.52. The summed E-state index contributed by atoms with van der Waals surface area (Å²) in [4.78, 5) is 11.4. The maximum Gasteiger partial charge on any atom is 0.306 e. The lowest BCUT2D eigenvalue weighted by Gasteiger charge is -2.26. The van der Waals surface area contributed by atoms with Crippen LogP contribution in [0.1, 0.15) is 49.3 Å². The molecule has 0 radical (unpaired) electrons. The van der Waals surface area contributed by atoms with Gasteiger partial charge in [0.25, 0.3) is 0 Å². The molecule has 3 heteroatoms. The molecule has 1 aromatic carbocycles. The van der Waals surface area contributed by atoms with Gasteiger partial charge in [-0.3, -0.25) is 4.79 Å². The highest BCUT2D eigenvalue weighted by Gasteiger charge is 2.38. The minimum atomic E-state index is -0.684. The topological polar surface area (TPSA) is 46.5 Å². The molecule has 3 nitrogen and oxygen atoms in total. The van der Waals surface area contributed by atoms with Crippen LogP contribution in [0.2, 0.25) is 0 Å². The van der Waals surface area contributed by atoms with Crippen molar-refractivity contribution in [1.82, 2.24) is 0 Å². The third-order valence-electron chi connectivity index (χ3n) is 4.70. The fourth-order valence-electron chi connectivity index (χ4n) is 3.36. The van der Waals surface area contributed by atoms with Gasteiger partial charge in [0.2, 0.25) is 0 Å². The Hall–Kier alpha value is -1.35. The van der Waals surface area contributed by atoms with Gasteiger partial charge in [0.05, 0.1) is 18.6 Å². The Balaban J connectivity index is 1.91. The van der Waals surface area contributed by atoms with E-state index in [0.29, 0.717) is 12.5 Å². The number of carboxylic acids is 1. The Kier molecular flexibility index (Phi) is 3.55. The molecule has 0 saturated heterocycles. The van der Waals surface area contributed by atoms with E-state index in [-0.39, 0.29) is 17.9 Å². The zero-order chi connectivity index (χ0) is 14.3.